The summed E-state index contributed by atoms with van der Waals surface area (Å²) in [5, 5.41) is 19.9. The largest absolute Gasteiger partial charge is 0.494 e. The first-order valence-corrected chi connectivity index (χ1v) is 9.68. The predicted molar refractivity (Wildman–Crippen MR) is 117 cm³/mol. The predicted octanol–water partition coefficient (Wildman–Crippen LogP) is 4.06. The van der Waals surface area contributed by atoms with Crippen molar-refractivity contribution < 1.29 is 28.4 Å². The van der Waals surface area contributed by atoms with Gasteiger partial charge < -0.3 is 14.8 Å². The Morgan fingerprint density at radius 1 is 1.18 bits per heavy atom. The molecular formula is C21H20FN5O6. The van der Waals surface area contributed by atoms with Gasteiger partial charge in [0.2, 0.25) is 0 Å². The number of nitrogens with one attached hydrogen (secondary N) is 2. The van der Waals surface area contributed by atoms with Crippen LogP contribution >= 0.6 is 0 Å². The zero-order valence-corrected chi connectivity index (χ0v) is 17.9. The number of nitro benzene ring substituents is 1. The molecule has 1 heterocycles. The summed E-state index contributed by atoms with van der Waals surface area (Å²) in [5.74, 6) is -1.69. The highest BCUT2D eigenvalue weighted by atomic mass is 19.1. The van der Waals surface area contributed by atoms with E-state index in [0.717, 1.165) is 0 Å². The average molecular weight is 457 g/mol. The monoisotopic (exact) mass is 457 g/mol. The number of aromatic nitrogens is 2. The fourth-order valence-electron chi connectivity index (χ4n) is 3.03. The first-order valence-electron chi connectivity index (χ1n) is 9.68. The SMILES string of the molecule is CCOC(=O)c1c(NC(=O)Nc2cccc(OC)c2F)nn(-c2ccc([N+](=O)[O-])cc2)c1C. The molecular weight excluding hydrogens is 437 g/mol. The first kappa shape index (κ1) is 23.2. The third-order valence-corrected chi connectivity index (χ3v) is 4.56. The molecule has 172 valence electrons. The van der Waals surface area contributed by atoms with E-state index < -0.39 is 22.7 Å². The van der Waals surface area contributed by atoms with Crippen LogP contribution in [-0.2, 0) is 4.74 Å². The Balaban J connectivity index is 1.95. The topological polar surface area (TPSA) is 138 Å². The maximum atomic E-state index is 14.3. The number of urea groups is 1. The highest BCUT2D eigenvalue weighted by Crippen LogP contribution is 2.26. The smallest absolute Gasteiger partial charge is 0.343 e. The molecule has 3 aromatic rings. The van der Waals surface area contributed by atoms with Crippen LogP contribution in [-0.4, -0.2) is 40.4 Å². The summed E-state index contributed by atoms with van der Waals surface area (Å²) in [5.41, 5.74) is 0.459. The molecule has 0 radical (unpaired) electrons. The van der Waals surface area contributed by atoms with Gasteiger partial charge in [-0.05, 0) is 38.1 Å². The first-order chi connectivity index (χ1) is 15.8. The normalized spacial score (nSPS) is 10.4. The van der Waals surface area contributed by atoms with Crippen molar-refractivity contribution in [1.82, 2.24) is 9.78 Å². The maximum absolute atomic E-state index is 14.3. The van der Waals surface area contributed by atoms with Crippen LogP contribution in [0.5, 0.6) is 5.75 Å². The number of ether oxygens (including phenoxy) is 2. The van der Waals surface area contributed by atoms with Crippen LogP contribution in [0.15, 0.2) is 42.5 Å². The number of hydrogen-bond acceptors (Lipinski definition) is 7. The average Bonchev–Trinajstić information content (AvgIpc) is 3.11. The van der Waals surface area contributed by atoms with E-state index in [1.54, 1.807) is 13.8 Å². The minimum Gasteiger partial charge on any atom is -0.494 e. The summed E-state index contributed by atoms with van der Waals surface area (Å²) >= 11 is 0. The second-order valence-electron chi connectivity index (χ2n) is 6.62. The summed E-state index contributed by atoms with van der Waals surface area (Å²) in [6.07, 6.45) is 0. The Morgan fingerprint density at radius 3 is 2.48 bits per heavy atom. The van der Waals surface area contributed by atoms with Gasteiger partial charge in [0.05, 0.1) is 35.7 Å². The zero-order valence-electron chi connectivity index (χ0n) is 17.9. The number of nitrogens with zero attached hydrogens (tertiary/aromatic N) is 3. The van der Waals surface area contributed by atoms with Gasteiger partial charge in [-0.15, -0.1) is 5.10 Å². The molecule has 0 aliphatic rings. The number of benzene rings is 2. The Kier molecular flexibility index (Phi) is 6.86. The van der Waals surface area contributed by atoms with Crippen LogP contribution < -0.4 is 15.4 Å². The van der Waals surface area contributed by atoms with Crippen molar-refractivity contribution in [2.45, 2.75) is 13.8 Å². The maximum Gasteiger partial charge on any atom is 0.343 e. The zero-order chi connectivity index (χ0) is 24.1. The van der Waals surface area contributed by atoms with Crippen molar-refractivity contribution in [2.24, 2.45) is 0 Å². The van der Waals surface area contributed by atoms with E-state index in [1.165, 1.54) is 54.3 Å². The van der Waals surface area contributed by atoms with E-state index in [4.69, 9.17) is 9.47 Å². The van der Waals surface area contributed by atoms with Crippen molar-refractivity contribution in [3.8, 4) is 11.4 Å². The number of esters is 1. The highest BCUT2D eigenvalue weighted by molar-refractivity contribution is 6.04. The van der Waals surface area contributed by atoms with Crippen LogP contribution in [0.2, 0.25) is 0 Å². The van der Waals surface area contributed by atoms with E-state index in [9.17, 15) is 24.1 Å². The molecule has 11 nitrogen and oxygen atoms in total. The molecule has 2 N–H and O–H groups in total. The lowest BCUT2D eigenvalue weighted by atomic mass is 10.2. The van der Waals surface area contributed by atoms with Crippen LogP contribution in [0, 0.1) is 22.9 Å². The van der Waals surface area contributed by atoms with Crippen molar-refractivity contribution >= 4 is 29.2 Å². The Bertz CT molecular complexity index is 1210. The molecule has 33 heavy (non-hydrogen) atoms. The number of carbonyl (C=O) groups excluding carboxylic acids is 2. The number of rotatable bonds is 7. The lowest BCUT2D eigenvalue weighted by molar-refractivity contribution is -0.384. The standard InChI is InChI=1S/C21H20FN5O6/c1-4-33-20(28)17-12(2)26(13-8-10-14(11-9-13)27(30)31)25-19(17)24-21(29)23-15-6-5-7-16(32-3)18(15)22/h5-11H,4H2,1-3H3,(H2,23,24,25,29). The third-order valence-electron chi connectivity index (χ3n) is 4.56. The number of nitro groups is 1. The second kappa shape index (κ2) is 9.77. The molecule has 0 aliphatic heterocycles. The van der Waals surface area contributed by atoms with Crippen molar-refractivity contribution in [3.05, 3.63) is 69.7 Å². The van der Waals surface area contributed by atoms with Gasteiger partial charge in [0.1, 0.15) is 5.56 Å². The third kappa shape index (κ3) is 4.89. The second-order valence-corrected chi connectivity index (χ2v) is 6.62. The number of carbonyl (C=O) groups is 2. The Morgan fingerprint density at radius 2 is 1.88 bits per heavy atom. The number of methoxy groups -OCH3 is 1. The number of amides is 2. The summed E-state index contributed by atoms with van der Waals surface area (Å²) in [4.78, 5) is 35.4. The summed E-state index contributed by atoms with van der Waals surface area (Å²) in [6, 6.07) is 8.83. The van der Waals surface area contributed by atoms with Crippen molar-refractivity contribution in [1.29, 1.82) is 0 Å². The summed E-state index contributed by atoms with van der Waals surface area (Å²) < 4.78 is 25.6. The van der Waals surface area contributed by atoms with E-state index in [2.05, 4.69) is 15.7 Å². The van der Waals surface area contributed by atoms with Gasteiger partial charge in [-0.25, -0.2) is 18.7 Å². The van der Waals surface area contributed by atoms with Gasteiger partial charge in [0.15, 0.2) is 17.4 Å². The molecule has 3 rings (SSSR count). The van der Waals surface area contributed by atoms with Crippen LogP contribution in [0.3, 0.4) is 0 Å². The van der Waals surface area contributed by atoms with Gasteiger partial charge in [-0.1, -0.05) is 6.07 Å². The number of hydrogen-bond donors (Lipinski definition) is 2. The van der Waals surface area contributed by atoms with Crippen LogP contribution in [0.4, 0.5) is 26.4 Å². The minimum absolute atomic E-state index is 0.0172. The van der Waals surface area contributed by atoms with Gasteiger partial charge >= 0.3 is 12.0 Å². The fourth-order valence-corrected chi connectivity index (χ4v) is 3.03. The molecule has 0 bridgehead atoms. The molecule has 0 saturated carbocycles. The molecule has 0 aliphatic carbocycles. The molecule has 12 heteroatoms. The molecule has 0 atom stereocenters. The van der Waals surface area contributed by atoms with Crippen LogP contribution in [0.25, 0.3) is 5.69 Å². The van der Waals surface area contributed by atoms with Gasteiger partial charge in [0, 0.05) is 12.1 Å². The molecule has 0 saturated heterocycles. The molecule has 2 amide bonds. The quantitative estimate of drug-likeness (QED) is 0.310. The number of anilines is 2. The van der Waals surface area contributed by atoms with Gasteiger partial charge in [-0.2, -0.15) is 0 Å². The van der Waals surface area contributed by atoms with Gasteiger partial charge in [-0.3, -0.25) is 15.4 Å². The van der Waals surface area contributed by atoms with Crippen LogP contribution in [0.1, 0.15) is 23.0 Å². The molecule has 0 spiro atoms. The Labute approximate surface area is 187 Å². The lowest BCUT2D eigenvalue weighted by Crippen LogP contribution is -2.22. The van der Waals surface area contributed by atoms with E-state index in [0.29, 0.717) is 11.4 Å². The fraction of sp³-hybridized carbons (Fsp3) is 0.190. The number of halogens is 1. The number of non-ortho nitro benzene ring substituents is 1. The highest BCUT2D eigenvalue weighted by Gasteiger charge is 2.25. The van der Waals surface area contributed by atoms with Gasteiger partial charge in [0.25, 0.3) is 5.69 Å². The summed E-state index contributed by atoms with van der Waals surface area (Å²) in [6.45, 7) is 3.28. The Hall–Kier alpha value is -4.48. The lowest BCUT2D eigenvalue weighted by Gasteiger charge is -2.10. The van der Waals surface area contributed by atoms with Crippen molar-refractivity contribution in [3.63, 3.8) is 0 Å². The van der Waals surface area contributed by atoms with Crippen molar-refractivity contribution in [2.75, 3.05) is 24.4 Å². The summed E-state index contributed by atoms with van der Waals surface area (Å²) in [7, 11) is 1.29. The van der Waals surface area contributed by atoms with E-state index in [-0.39, 0.29) is 35.1 Å². The van der Waals surface area contributed by atoms with E-state index >= 15 is 0 Å². The minimum atomic E-state index is -0.860. The molecule has 2 aromatic carbocycles. The molecule has 0 unspecified atom stereocenters. The molecule has 0 fully saturated rings. The molecule has 1 aromatic heterocycles. The van der Waals surface area contributed by atoms with E-state index in [1.807, 2.05) is 0 Å².